The Kier molecular flexibility index (Phi) is 7.81. The van der Waals surface area contributed by atoms with Crippen molar-refractivity contribution in [3.05, 3.63) is 0 Å². The van der Waals surface area contributed by atoms with E-state index in [2.05, 4.69) is 24.5 Å². The van der Waals surface area contributed by atoms with Crippen molar-refractivity contribution in [3.63, 3.8) is 0 Å². The molecular formula is C13H28N2O. The molecule has 2 unspecified atom stereocenters. The maximum atomic E-state index is 5.45. The van der Waals surface area contributed by atoms with Crippen LogP contribution in [0.2, 0.25) is 0 Å². The molecule has 1 aliphatic heterocycles. The molecule has 1 saturated heterocycles. The third-order valence-electron chi connectivity index (χ3n) is 3.11. The molecule has 16 heavy (non-hydrogen) atoms. The van der Waals surface area contributed by atoms with Crippen LogP contribution in [0.4, 0.5) is 0 Å². The third-order valence-corrected chi connectivity index (χ3v) is 3.11. The highest BCUT2D eigenvalue weighted by atomic mass is 16.5. The standard InChI is InChI=1S/C13H28N2O/c1-3-9-16-10-5-8-14-12(2)11-13-6-4-7-15-13/h12-15H,3-11H2,1-2H3. The summed E-state index contributed by atoms with van der Waals surface area (Å²) in [6, 6.07) is 1.38. The zero-order valence-corrected chi connectivity index (χ0v) is 10.9. The fourth-order valence-corrected chi connectivity index (χ4v) is 2.24. The molecule has 1 aliphatic rings. The van der Waals surface area contributed by atoms with Gasteiger partial charge in [-0.15, -0.1) is 0 Å². The topological polar surface area (TPSA) is 33.3 Å². The van der Waals surface area contributed by atoms with Crippen molar-refractivity contribution in [1.82, 2.24) is 10.6 Å². The van der Waals surface area contributed by atoms with Crippen LogP contribution in [0.15, 0.2) is 0 Å². The number of nitrogens with one attached hydrogen (secondary N) is 2. The summed E-state index contributed by atoms with van der Waals surface area (Å²) in [6.45, 7) is 8.53. The number of ether oxygens (including phenoxy) is 1. The molecule has 1 fully saturated rings. The molecule has 0 aliphatic carbocycles. The van der Waals surface area contributed by atoms with E-state index in [4.69, 9.17) is 4.74 Å². The minimum absolute atomic E-state index is 0.627. The highest BCUT2D eigenvalue weighted by molar-refractivity contribution is 4.78. The van der Waals surface area contributed by atoms with Gasteiger partial charge in [-0.25, -0.2) is 0 Å². The van der Waals surface area contributed by atoms with E-state index in [1.54, 1.807) is 0 Å². The lowest BCUT2D eigenvalue weighted by Gasteiger charge is -2.18. The Morgan fingerprint density at radius 1 is 1.44 bits per heavy atom. The Morgan fingerprint density at radius 2 is 2.31 bits per heavy atom. The average Bonchev–Trinajstić information content (AvgIpc) is 2.76. The normalized spacial score (nSPS) is 22.5. The molecule has 96 valence electrons. The Labute approximate surface area is 100 Å². The van der Waals surface area contributed by atoms with Crippen LogP contribution in [0.25, 0.3) is 0 Å². The summed E-state index contributed by atoms with van der Waals surface area (Å²) < 4.78 is 5.45. The van der Waals surface area contributed by atoms with Gasteiger partial charge in [0.05, 0.1) is 0 Å². The Bertz CT molecular complexity index is 158. The highest BCUT2D eigenvalue weighted by Gasteiger charge is 2.16. The Balaban J connectivity index is 1.87. The van der Waals surface area contributed by atoms with Crippen molar-refractivity contribution in [3.8, 4) is 0 Å². The lowest BCUT2D eigenvalue weighted by atomic mass is 10.1. The first-order valence-electron chi connectivity index (χ1n) is 6.87. The first kappa shape index (κ1) is 13.9. The fourth-order valence-electron chi connectivity index (χ4n) is 2.24. The van der Waals surface area contributed by atoms with Crippen LogP contribution in [0.1, 0.15) is 46.0 Å². The molecule has 0 amide bonds. The monoisotopic (exact) mass is 228 g/mol. The first-order chi connectivity index (χ1) is 7.83. The predicted molar refractivity (Wildman–Crippen MR) is 68.8 cm³/mol. The quantitative estimate of drug-likeness (QED) is 0.592. The van der Waals surface area contributed by atoms with E-state index in [1.807, 2.05) is 0 Å². The minimum atomic E-state index is 0.627. The van der Waals surface area contributed by atoms with Crippen molar-refractivity contribution in [2.45, 2.75) is 58.0 Å². The molecule has 0 spiro atoms. The smallest absolute Gasteiger partial charge is 0.0478 e. The van der Waals surface area contributed by atoms with Crippen molar-refractivity contribution >= 4 is 0 Å². The maximum Gasteiger partial charge on any atom is 0.0478 e. The zero-order valence-electron chi connectivity index (χ0n) is 10.9. The molecular weight excluding hydrogens is 200 g/mol. The van der Waals surface area contributed by atoms with Crippen LogP contribution in [0.3, 0.4) is 0 Å². The van der Waals surface area contributed by atoms with Crippen LogP contribution < -0.4 is 10.6 Å². The van der Waals surface area contributed by atoms with Crippen molar-refractivity contribution in [2.24, 2.45) is 0 Å². The van der Waals surface area contributed by atoms with Gasteiger partial charge < -0.3 is 15.4 Å². The molecule has 3 nitrogen and oxygen atoms in total. The van der Waals surface area contributed by atoms with Gasteiger partial charge in [-0.2, -0.15) is 0 Å². The van der Waals surface area contributed by atoms with E-state index in [0.717, 1.165) is 38.6 Å². The first-order valence-corrected chi connectivity index (χ1v) is 6.87. The third kappa shape index (κ3) is 6.46. The minimum Gasteiger partial charge on any atom is -0.381 e. The van der Waals surface area contributed by atoms with Crippen molar-refractivity contribution in [1.29, 1.82) is 0 Å². The largest absolute Gasteiger partial charge is 0.381 e. The maximum absolute atomic E-state index is 5.45. The van der Waals surface area contributed by atoms with Crippen LogP contribution >= 0.6 is 0 Å². The summed E-state index contributed by atoms with van der Waals surface area (Å²) in [5.74, 6) is 0. The van der Waals surface area contributed by atoms with Gasteiger partial charge in [0.2, 0.25) is 0 Å². The lowest BCUT2D eigenvalue weighted by Crippen LogP contribution is -2.34. The van der Waals surface area contributed by atoms with E-state index >= 15 is 0 Å². The summed E-state index contributed by atoms with van der Waals surface area (Å²) in [7, 11) is 0. The second kappa shape index (κ2) is 8.97. The Hall–Kier alpha value is -0.120. The van der Waals surface area contributed by atoms with Gasteiger partial charge in [0.15, 0.2) is 0 Å². The molecule has 0 aromatic heterocycles. The van der Waals surface area contributed by atoms with Gasteiger partial charge in [-0.1, -0.05) is 6.92 Å². The summed E-state index contributed by atoms with van der Waals surface area (Å²) in [5.41, 5.74) is 0. The second-order valence-electron chi connectivity index (χ2n) is 4.85. The van der Waals surface area contributed by atoms with Gasteiger partial charge in [-0.05, 0) is 52.1 Å². The molecule has 1 heterocycles. The van der Waals surface area contributed by atoms with E-state index in [-0.39, 0.29) is 0 Å². The second-order valence-corrected chi connectivity index (χ2v) is 4.85. The molecule has 0 saturated carbocycles. The van der Waals surface area contributed by atoms with E-state index < -0.39 is 0 Å². The molecule has 2 atom stereocenters. The van der Waals surface area contributed by atoms with Gasteiger partial charge in [-0.3, -0.25) is 0 Å². The lowest BCUT2D eigenvalue weighted by molar-refractivity contribution is 0.131. The average molecular weight is 228 g/mol. The van der Waals surface area contributed by atoms with Crippen LogP contribution in [0, 0.1) is 0 Å². The summed E-state index contributed by atoms with van der Waals surface area (Å²) in [6.07, 6.45) is 6.21. The van der Waals surface area contributed by atoms with Gasteiger partial charge in [0.1, 0.15) is 0 Å². The van der Waals surface area contributed by atoms with Crippen LogP contribution in [-0.4, -0.2) is 38.4 Å². The number of hydrogen-bond acceptors (Lipinski definition) is 3. The van der Waals surface area contributed by atoms with Gasteiger partial charge in [0, 0.05) is 25.3 Å². The fraction of sp³-hybridized carbons (Fsp3) is 1.00. The molecule has 0 aromatic rings. The molecule has 0 radical (unpaired) electrons. The zero-order chi connectivity index (χ0) is 11.6. The van der Waals surface area contributed by atoms with E-state index in [0.29, 0.717) is 6.04 Å². The molecule has 1 rings (SSSR count). The SMILES string of the molecule is CCCOCCCNC(C)CC1CCCN1. The molecule has 0 bridgehead atoms. The van der Waals surface area contributed by atoms with Crippen molar-refractivity contribution in [2.75, 3.05) is 26.3 Å². The summed E-state index contributed by atoms with van der Waals surface area (Å²) in [4.78, 5) is 0. The predicted octanol–water partition coefficient (Wildman–Crippen LogP) is 1.92. The highest BCUT2D eigenvalue weighted by Crippen LogP contribution is 2.10. The number of rotatable bonds is 9. The molecule has 3 heteroatoms. The van der Waals surface area contributed by atoms with Crippen molar-refractivity contribution < 1.29 is 4.74 Å². The summed E-state index contributed by atoms with van der Waals surface area (Å²) >= 11 is 0. The van der Waals surface area contributed by atoms with Gasteiger partial charge in [0.25, 0.3) is 0 Å². The molecule has 2 N–H and O–H groups in total. The summed E-state index contributed by atoms with van der Waals surface area (Å²) in [5, 5.41) is 7.11. The van der Waals surface area contributed by atoms with Crippen LogP contribution in [-0.2, 0) is 4.74 Å². The number of hydrogen-bond donors (Lipinski definition) is 2. The van der Waals surface area contributed by atoms with E-state index in [1.165, 1.54) is 25.8 Å². The van der Waals surface area contributed by atoms with E-state index in [9.17, 15) is 0 Å². The van der Waals surface area contributed by atoms with Crippen LogP contribution in [0.5, 0.6) is 0 Å². The Morgan fingerprint density at radius 3 is 3.00 bits per heavy atom. The van der Waals surface area contributed by atoms with Gasteiger partial charge >= 0.3 is 0 Å². The molecule has 0 aromatic carbocycles.